The van der Waals surface area contributed by atoms with Gasteiger partial charge in [0.25, 0.3) is 11.5 Å². The second-order valence-corrected chi connectivity index (χ2v) is 7.69. The summed E-state index contributed by atoms with van der Waals surface area (Å²) in [4.78, 5) is 26.5. The molecule has 2 aromatic heterocycles. The molecule has 3 aromatic rings. The maximum Gasteiger partial charge on any atom is 0.260 e. The van der Waals surface area contributed by atoms with Crippen LogP contribution >= 0.6 is 11.3 Å². The molecular formula is C20H21FN2O2S. The molecule has 6 heteroatoms. The molecule has 0 fully saturated rings. The molecule has 0 radical (unpaired) electrons. The fraction of sp³-hybridized carbons (Fsp3) is 0.300. The van der Waals surface area contributed by atoms with Crippen LogP contribution in [0, 0.1) is 12.7 Å². The third-order valence-electron chi connectivity index (χ3n) is 4.48. The number of nitrogens with one attached hydrogen (secondary N) is 1. The summed E-state index contributed by atoms with van der Waals surface area (Å²) in [7, 11) is 0. The van der Waals surface area contributed by atoms with Crippen LogP contribution in [0.3, 0.4) is 0 Å². The third-order valence-corrected chi connectivity index (χ3v) is 5.55. The number of pyridine rings is 1. The molecule has 1 N–H and O–H groups in total. The number of halogens is 1. The largest absolute Gasteiger partial charge is 0.350 e. The molecule has 1 amide bonds. The van der Waals surface area contributed by atoms with Gasteiger partial charge in [-0.2, -0.15) is 0 Å². The predicted molar refractivity (Wildman–Crippen MR) is 104 cm³/mol. The highest BCUT2D eigenvalue weighted by Crippen LogP contribution is 2.28. The van der Waals surface area contributed by atoms with Crippen LogP contribution in [0.25, 0.3) is 10.1 Å². The van der Waals surface area contributed by atoms with Gasteiger partial charge in [0.2, 0.25) is 0 Å². The van der Waals surface area contributed by atoms with Crippen LogP contribution in [0.5, 0.6) is 0 Å². The Labute approximate surface area is 155 Å². The topological polar surface area (TPSA) is 51.1 Å². The van der Waals surface area contributed by atoms with Crippen LogP contribution in [0.1, 0.15) is 41.1 Å². The normalized spacial score (nSPS) is 12.3. The summed E-state index contributed by atoms with van der Waals surface area (Å²) in [6.07, 6.45) is 2.54. The molecular weight excluding hydrogens is 351 g/mol. The van der Waals surface area contributed by atoms with E-state index in [-0.39, 0.29) is 23.3 Å². The summed E-state index contributed by atoms with van der Waals surface area (Å²) in [5.41, 5.74) is 1.08. The Hall–Kier alpha value is -2.47. The van der Waals surface area contributed by atoms with Gasteiger partial charge in [0.15, 0.2) is 0 Å². The van der Waals surface area contributed by atoms with E-state index in [0.717, 1.165) is 21.6 Å². The number of amides is 1. The molecule has 0 unspecified atom stereocenters. The number of hydrogen-bond donors (Lipinski definition) is 1. The zero-order valence-electron chi connectivity index (χ0n) is 15.0. The van der Waals surface area contributed by atoms with Crippen molar-refractivity contribution < 1.29 is 9.18 Å². The van der Waals surface area contributed by atoms with E-state index in [2.05, 4.69) is 5.32 Å². The van der Waals surface area contributed by atoms with Gasteiger partial charge in [-0.25, -0.2) is 4.39 Å². The molecule has 0 aliphatic rings. The predicted octanol–water partition coefficient (Wildman–Crippen LogP) is 4.09. The van der Waals surface area contributed by atoms with E-state index in [9.17, 15) is 14.0 Å². The molecule has 0 bridgehead atoms. The number of thiophene rings is 1. The number of rotatable bonds is 5. The Morgan fingerprint density at radius 1 is 1.27 bits per heavy atom. The summed E-state index contributed by atoms with van der Waals surface area (Å²) in [5.74, 6) is -0.520. The molecule has 1 atom stereocenters. The number of aromatic nitrogens is 1. The number of carbonyl (C=O) groups excluding carboxylic acids is 1. The van der Waals surface area contributed by atoms with Crippen molar-refractivity contribution >= 4 is 27.3 Å². The number of fused-ring (bicyclic) bond motifs is 1. The first-order chi connectivity index (χ1) is 12.4. The molecule has 1 aromatic carbocycles. The molecule has 0 saturated heterocycles. The van der Waals surface area contributed by atoms with Gasteiger partial charge in [0.05, 0.1) is 17.5 Å². The van der Waals surface area contributed by atoms with E-state index in [4.69, 9.17) is 0 Å². The van der Waals surface area contributed by atoms with Crippen LogP contribution < -0.4 is 10.9 Å². The van der Waals surface area contributed by atoms with Crippen LogP contribution in [-0.2, 0) is 6.54 Å². The fourth-order valence-electron chi connectivity index (χ4n) is 2.85. The first-order valence-electron chi connectivity index (χ1n) is 8.58. The summed E-state index contributed by atoms with van der Waals surface area (Å²) < 4.78 is 15.4. The zero-order chi connectivity index (χ0) is 18.8. The van der Waals surface area contributed by atoms with Gasteiger partial charge in [0, 0.05) is 21.8 Å². The third kappa shape index (κ3) is 3.55. The van der Waals surface area contributed by atoms with Gasteiger partial charge in [0.1, 0.15) is 5.82 Å². The highest BCUT2D eigenvalue weighted by molar-refractivity contribution is 7.19. The molecule has 136 valence electrons. The minimum atomic E-state index is -0.311. The Kier molecular flexibility index (Phi) is 5.23. The molecule has 26 heavy (non-hydrogen) atoms. The first kappa shape index (κ1) is 18.3. The van der Waals surface area contributed by atoms with Crippen molar-refractivity contribution in [1.82, 2.24) is 9.88 Å². The Bertz CT molecular complexity index is 1010. The lowest BCUT2D eigenvalue weighted by Crippen LogP contribution is -2.33. The molecule has 2 heterocycles. The van der Waals surface area contributed by atoms with E-state index in [0.29, 0.717) is 17.5 Å². The lowest BCUT2D eigenvalue weighted by Gasteiger charge is -2.12. The maximum absolute atomic E-state index is 13.1. The highest BCUT2D eigenvalue weighted by Gasteiger charge is 2.21. The average molecular weight is 372 g/mol. The van der Waals surface area contributed by atoms with Crippen LogP contribution in [0.4, 0.5) is 4.39 Å². The average Bonchev–Trinajstić information content (AvgIpc) is 2.96. The Morgan fingerprint density at radius 2 is 1.96 bits per heavy atom. The summed E-state index contributed by atoms with van der Waals surface area (Å²) in [5, 5.41) is 3.40. The molecule has 0 aliphatic heterocycles. The maximum atomic E-state index is 13.1. The van der Waals surface area contributed by atoms with Gasteiger partial charge < -0.3 is 9.88 Å². The van der Waals surface area contributed by atoms with Gasteiger partial charge in [-0.1, -0.05) is 19.1 Å². The van der Waals surface area contributed by atoms with Crippen LogP contribution in [-0.4, -0.2) is 16.5 Å². The van der Waals surface area contributed by atoms with E-state index >= 15 is 0 Å². The fourth-order valence-corrected chi connectivity index (χ4v) is 3.89. The second kappa shape index (κ2) is 7.41. The van der Waals surface area contributed by atoms with Crippen molar-refractivity contribution in [3.63, 3.8) is 0 Å². The van der Waals surface area contributed by atoms with Crippen molar-refractivity contribution in [2.45, 2.75) is 39.8 Å². The molecule has 0 aliphatic carbocycles. The lowest BCUT2D eigenvalue weighted by atomic mass is 10.1. The molecule has 0 spiro atoms. The van der Waals surface area contributed by atoms with Crippen molar-refractivity contribution in [1.29, 1.82) is 0 Å². The van der Waals surface area contributed by atoms with Gasteiger partial charge in [-0.15, -0.1) is 11.3 Å². The minimum Gasteiger partial charge on any atom is -0.350 e. The smallest absolute Gasteiger partial charge is 0.260 e. The Balaban J connectivity index is 2.04. The van der Waals surface area contributed by atoms with Crippen molar-refractivity contribution in [3.8, 4) is 0 Å². The van der Waals surface area contributed by atoms with Gasteiger partial charge >= 0.3 is 0 Å². The number of aryl methyl sites for hydroxylation is 1. The Morgan fingerprint density at radius 3 is 2.62 bits per heavy atom. The minimum absolute atomic E-state index is 0.0435. The lowest BCUT2D eigenvalue weighted by molar-refractivity contribution is 0.0940. The monoisotopic (exact) mass is 372 g/mol. The van der Waals surface area contributed by atoms with Crippen LogP contribution in [0.2, 0.25) is 0 Å². The number of carbonyl (C=O) groups is 1. The number of hydrogen-bond acceptors (Lipinski definition) is 3. The molecule has 0 saturated carbocycles. The SMILES string of the molecule is CC[C@@H](C)NC(=O)c1c(C)sc2ccn(Cc3ccc(F)cc3)c(=O)c12. The summed E-state index contributed by atoms with van der Waals surface area (Å²) in [6, 6.07) is 7.96. The van der Waals surface area contributed by atoms with Crippen molar-refractivity contribution in [3.05, 3.63) is 68.7 Å². The summed E-state index contributed by atoms with van der Waals surface area (Å²) in [6.45, 7) is 6.13. The molecule has 4 nitrogen and oxygen atoms in total. The van der Waals surface area contributed by atoms with E-state index in [1.54, 1.807) is 22.9 Å². The summed E-state index contributed by atoms with van der Waals surface area (Å²) >= 11 is 1.45. The quantitative estimate of drug-likeness (QED) is 0.733. The van der Waals surface area contributed by atoms with Crippen molar-refractivity contribution in [2.75, 3.05) is 0 Å². The van der Waals surface area contributed by atoms with E-state index in [1.807, 2.05) is 26.8 Å². The van der Waals surface area contributed by atoms with E-state index < -0.39 is 0 Å². The number of benzene rings is 1. The van der Waals surface area contributed by atoms with Crippen LogP contribution in [0.15, 0.2) is 41.3 Å². The standard InChI is InChI=1S/C20H21FN2O2S/c1-4-12(2)22-19(24)17-13(3)26-16-9-10-23(20(25)18(16)17)11-14-5-7-15(21)8-6-14/h5-10,12H,4,11H2,1-3H3,(H,22,24)/t12-/m1/s1. The van der Waals surface area contributed by atoms with Crippen molar-refractivity contribution in [2.24, 2.45) is 0 Å². The first-order valence-corrected chi connectivity index (χ1v) is 9.40. The molecule has 3 rings (SSSR count). The number of nitrogens with zero attached hydrogens (tertiary/aromatic N) is 1. The zero-order valence-corrected chi connectivity index (χ0v) is 15.8. The van der Waals surface area contributed by atoms with E-state index in [1.165, 1.54) is 23.5 Å². The van der Waals surface area contributed by atoms with Gasteiger partial charge in [-0.05, 0) is 44.0 Å². The van der Waals surface area contributed by atoms with Gasteiger partial charge in [-0.3, -0.25) is 9.59 Å². The second-order valence-electron chi connectivity index (χ2n) is 6.43. The highest BCUT2D eigenvalue weighted by atomic mass is 32.1.